The van der Waals surface area contributed by atoms with Crippen LogP contribution in [0.5, 0.6) is 5.75 Å². The van der Waals surface area contributed by atoms with E-state index in [0.717, 1.165) is 0 Å². The monoisotopic (exact) mass is 440 g/mol. The Morgan fingerprint density at radius 2 is 1.63 bits per heavy atom. The van der Waals surface area contributed by atoms with E-state index >= 15 is 0 Å². The van der Waals surface area contributed by atoms with Crippen LogP contribution in [0.4, 0.5) is 0 Å². The lowest BCUT2D eigenvalue weighted by Crippen LogP contribution is -2.55. The van der Waals surface area contributed by atoms with Crippen molar-refractivity contribution in [3.05, 3.63) is 29.8 Å². The summed E-state index contributed by atoms with van der Waals surface area (Å²) in [5.41, 5.74) is 11.4. The molecule has 0 aliphatic carbocycles. The Hall–Kier alpha value is -2.79. The van der Waals surface area contributed by atoms with Gasteiger partial charge in [-0.1, -0.05) is 12.1 Å². The zero-order chi connectivity index (χ0) is 22.7. The lowest BCUT2D eigenvalue weighted by molar-refractivity contribution is -0.142. The van der Waals surface area contributed by atoms with Gasteiger partial charge in [0.2, 0.25) is 17.7 Å². The molecule has 0 saturated carbocycles. The van der Waals surface area contributed by atoms with Crippen LogP contribution in [0.25, 0.3) is 0 Å². The highest BCUT2D eigenvalue weighted by molar-refractivity contribution is 7.98. The van der Waals surface area contributed by atoms with Crippen LogP contribution in [0.3, 0.4) is 0 Å². The number of carboxylic acid groups (broad SMARTS) is 1. The molecule has 0 bridgehead atoms. The fourth-order valence-corrected chi connectivity index (χ4v) is 3.02. The highest BCUT2D eigenvalue weighted by atomic mass is 32.2. The Morgan fingerprint density at radius 3 is 2.17 bits per heavy atom. The lowest BCUT2D eigenvalue weighted by Gasteiger charge is -2.23. The van der Waals surface area contributed by atoms with Gasteiger partial charge in [-0.15, -0.1) is 0 Å². The van der Waals surface area contributed by atoms with Gasteiger partial charge < -0.3 is 32.3 Å². The van der Waals surface area contributed by atoms with Crippen LogP contribution < -0.4 is 22.1 Å². The third-order valence-corrected chi connectivity index (χ3v) is 4.92. The third kappa shape index (κ3) is 9.14. The smallest absolute Gasteiger partial charge is 0.326 e. The molecule has 166 valence electrons. The number of carbonyl (C=O) groups is 4. The normalized spacial score (nSPS) is 13.7. The highest BCUT2D eigenvalue weighted by Gasteiger charge is 2.28. The number of carboxylic acids is 1. The van der Waals surface area contributed by atoms with E-state index in [1.807, 2.05) is 6.26 Å². The highest BCUT2D eigenvalue weighted by Crippen LogP contribution is 2.12. The molecule has 0 aliphatic heterocycles. The first-order valence-corrected chi connectivity index (χ1v) is 10.7. The van der Waals surface area contributed by atoms with Crippen LogP contribution in [0.2, 0.25) is 0 Å². The molecule has 1 rings (SSSR count). The van der Waals surface area contributed by atoms with Gasteiger partial charge in [-0.05, 0) is 42.5 Å². The van der Waals surface area contributed by atoms with E-state index in [1.165, 1.54) is 23.9 Å². The number of hydrogen-bond acceptors (Lipinski definition) is 7. The predicted molar refractivity (Wildman–Crippen MR) is 113 cm³/mol. The average Bonchev–Trinajstić information content (AvgIpc) is 2.69. The molecule has 1 aromatic carbocycles. The van der Waals surface area contributed by atoms with Crippen LogP contribution in [0.1, 0.15) is 24.8 Å². The molecule has 0 spiro atoms. The summed E-state index contributed by atoms with van der Waals surface area (Å²) in [5.74, 6) is -2.50. The minimum Gasteiger partial charge on any atom is -0.508 e. The molecule has 0 saturated heterocycles. The number of phenolic OH excluding ortho intramolecular Hbond substituents is 1. The summed E-state index contributed by atoms with van der Waals surface area (Å²) in [5, 5.41) is 23.8. The first kappa shape index (κ1) is 25.2. The number of aromatic hydroxyl groups is 1. The number of benzene rings is 1. The van der Waals surface area contributed by atoms with Crippen molar-refractivity contribution in [3.63, 3.8) is 0 Å². The standard InChI is InChI=1S/C19H28N4O6S/c1-30-9-8-14(22-17(26)13(20)6-7-16(21)25)18(27)23-15(19(28)29)10-11-2-4-12(24)5-3-11/h2-5,13-15,24H,6-10,20H2,1H3,(H2,21,25)(H,22,26)(H,23,27)(H,28,29)/t13-,14-,15-/m0/s1. The number of hydrogen-bond donors (Lipinski definition) is 6. The van der Waals surface area contributed by atoms with Gasteiger partial charge in [0.25, 0.3) is 0 Å². The van der Waals surface area contributed by atoms with Gasteiger partial charge >= 0.3 is 5.97 Å². The number of nitrogens with one attached hydrogen (secondary N) is 2. The van der Waals surface area contributed by atoms with Crippen molar-refractivity contribution in [1.82, 2.24) is 10.6 Å². The van der Waals surface area contributed by atoms with Gasteiger partial charge in [0, 0.05) is 12.8 Å². The molecule has 0 aromatic heterocycles. The van der Waals surface area contributed by atoms with Crippen molar-refractivity contribution in [2.24, 2.45) is 11.5 Å². The van der Waals surface area contributed by atoms with Crippen molar-refractivity contribution in [1.29, 1.82) is 0 Å². The predicted octanol–water partition coefficient (Wildman–Crippen LogP) is -0.665. The molecule has 0 aliphatic rings. The first-order chi connectivity index (χ1) is 14.1. The van der Waals surface area contributed by atoms with Gasteiger partial charge in [-0.2, -0.15) is 11.8 Å². The Kier molecular flexibility index (Phi) is 10.7. The Labute approximate surface area is 178 Å². The minimum absolute atomic E-state index is 0.00265. The number of aliphatic carboxylic acids is 1. The minimum atomic E-state index is -1.23. The molecule has 0 heterocycles. The van der Waals surface area contributed by atoms with Crippen molar-refractivity contribution in [2.45, 2.75) is 43.8 Å². The Morgan fingerprint density at radius 1 is 1.03 bits per heavy atom. The first-order valence-electron chi connectivity index (χ1n) is 9.28. The fraction of sp³-hybridized carbons (Fsp3) is 0.474. The zero-order valence-corrected chi connectivity index (χ0v) is 17.5. The largest absolute Gasteiger partial charge is 0.508 e. The van der Waals surface area contributed by atoms with Crippen molar-refractivity contribution in [2.75, 3.05) is 12.0 Å². The number of amides is 3. The molecule has 0 fully saturated rings. The van der Waals surface area contributed by atoms with Crippen LogP contribution >= 0.6 is 11.8 Å². The van der Waals surface area contributed by atoms with Crippen molar-refractivity contribution < 1.29 is 29.4 Å². The van der Waals surface area contributed by atoms with Crippen LogP contribution in [-0.4, -0.2) is 64.0 Å². The van der Waals surface area contributed by atoms with Crippen LogP contribution in [0.15, 0.2) is 24.3 Å². The maximum Gasteiger partial charge on any atom is 0.326 e. The number of thioether (sulfide) groups is 1. The summed E-state index contributed by atoms with van der Waals surface area (Å²) in [7, 11) is 0. The molecule has 3 atom stereocenters. The van der Waals surface area contributed by atoms with Crippen molar-refractivity contribution >= 4 is 35.5 Å². The van der Waals surface area contributed by atoms with Gasteiger partial charge in [-0.25, -0.2) is 4.79 Å². The summed E-state index contributed by atoms with van der Waals surface area (Å²) in [6.07, 6.45) is 2.08. The summed E-state index contributed by atoms with van der Waals surface area (Å²) in [6, 6.07) is 2.74. The van der Waals surface area contributed by atoms with E-state index in [1.54, 1.807) is 12.1 Å². The van der Waals surface area contributed by atoms with Crippen LogP contribution in [0, 0.1) is 0 Å². The zero-order valence-electron chi connectivity index (χ0n) is 16.7. The molecule has 3 amide bonds. The summed E-state index contributed by atoms with van der Waals surface area (Å²) in [6.45, 7) is 0. The Balaban J connectivity index is 2.80. The molecule has 30 heavy (non-hydrogen) atoms. The summed E-state index contributed by atoms with van der Waals surface area (Å²) >= 11 is 1.46. The summed E-state index contributed by atoms with van der Waals surface area (Å²) in [4.78, 5) is 47.4. The second kappa shape index (κ2) is 12.7. The van der Waals surface area contributed by atoms with Crippen LogP contribution in [-0.2, 0) is 25.6 Å². The molecule has 0 radical (unpaired) electrons. The fourth-order valence-electron chi connectivity index (χ4n) is 2.55. The van der Waals surface area contributed by atoms with E-state index in [9.17, 15) is 29.4 Å². The van der Waals surface area contributed by atoms with Gasteiger partial charge in [-0.3, -0.25) is 14.4 Å². The van der Waals surface area contributed by atoms with E-state index in [0.29, 0.717) is 11.3 Å². The molecule has 8 N–H and O–H groups in total. The third-order valence-electron chi connectivity index (χ3n) is 4.27. The lowest BCUT2D eigenvalue weighted by atomic mass is 10.0. The van der Waals surface area contributed by atoms with E-state index in [-0.39, 0.29) is 31.4 Å². The maximum absolute atomic E-state index is 12.7. The SMILES string of the molecule is CSCC[C@H](NC(=O)[C@@H](N)CCC(N)=O)C(=O)N[C@@H](Cc1ccc(O)cc1)C(=O)O. The topological polar surface area (TPSA) is 185 Å². The number of nitrogens with two attached hydrogens (primary N) is 2. The number of rotatable bonds is 13. The second-order valence-corrected chi connectivity index (χ2v) is 7.71. The molecule has 0 unspecified atom stereocenters. The second-order valence-electron chi connectivity index (χ2n) is 6.72. The Bertz CT molecular complexity index is 743. The van der Waals surface area contributed by atoms with E-state index in [2.05, 4.69) is 10.6 Å². The molecular formula is C19H28N4O6S. The van der Waals surface area contributed by atoms with E-state index in [4.69, 9.17) is 11.5 Å². The maximum atomic E-state index is 12.7. The van der Waals surface area contributed by atoms with Gasteiger partial charge in [0.05, 0.1) is 6.04 Å². The molecular weight excluding hydrogens is 412 g/mol. The summed E-state index contributed by atoms with van der Waals surface area (Å²) < 4.78 is 0. The van der Waals surface area contributed by atoms with E-state index < -0.39 is 41.8 Å². The molecule has 11 heteroatoms. The quantitative estimate of drug-likeness (QED) is 0.233. The van der Waals surface area contributed by atoms with Gasteiger partial charge in [0.1, 0.15) is 17.8 Å². The number of primary amides is 1. The van der Waals surface area contributed by atoms with Crippen molar-refractivity contribution in [3.8, 4) is 5.75 Å². The number of phenols is 1. The number of carbonyl (C=O) groups excluding carboxylic acids is 3. The molecule has 10 nitrogen and oxygen atoms in total. The van der Waals surface area contributed by atoms with Gasteiger partial charge in [0.15, 0.2) is 0 Å². The average molecular weight is 441 g/mol. The molecule has 1 aromatic rings.